The second-order valence-electron chi connectivity index (χ2n) is 5.85. The molecule has 0 spiro atoms. The van der Waals surface area contributed by atoms with Crippen LogP contribution in [0, 0.1) is 11.3 Å². The van der Waals surface area contributed by atoms with Crippen LogP contribution < -0.4 is 4.72 Å². The van der Waals surface area contributed by atoms with Gasteiger partial charge in [-0.05, 0) is 36.2 Å². The molecule has 1 aliphatic heterocycles. The monoisotopic (exact) mass is 355 g/mol. The molecular weight excluding hydrogens is 338 g/mol. The van der Waals surface area contributed by atoms with E-state index in [0.29, 0.717) is 25.1 Å². The second-order valence-corrected chi connectivity index (χ2v) is 7.56. The van der Waals surface area contributed by atoms with Crippen LogP contribution in [0.25, 0.3) is 0 Å². The third-order valence-corrected chi connectivity index (χ3v) is 5.57. The quantitative estimate of drug-likeness (QED) is 0.883. The van der Waals surface area contributed by atoms with Gasteiger partial charge in [-0.15, -0.1) is 0 Å². The van der Waals surface area contributed by atoms with Crippen molar-refractivity contribution in [3.05, 3.63) is 65.7 Å². The SMILES string of the molecule is N#Cc1cccc(CN2CC[C@H](NS(=O)(=O)c3ccccc3)C2=O)c1. The molecule has 7 heteroatoms. The summed E-state index contributed by atoms with van der Waals surface area (Å²) < 4.78 is 27.2. The molecule has 0 aliphatic carbocycles. The average molecular weight is 355 g/mol. The first kappa shape index (κ1) is 17.1. The van der Waals surface area contributed by atoms with Crippen LogP contribution in [0.15, 0.2) is 59.5 Å². The summed E-state index contributed by atoms with van der Waals surface area (Å²) in [5, 5.41) is 8.95. The smallest absolute Gasteiger partial charge is 0.241 e. The van der Waals surface area contributed by atoms with Gasteiger partial charge in [-0.25, -0.2) is 8.42 Å². The lowest BCUT2D eigenvalue weighted by atomic mass is 10.1. The molecule has 1 heterocycles. The zero-order chi connectivity index (χ0) is 17.9. The molecule has 0 aromatic heterocycles. The molecule has 1 aliphatic rings. The number of benzene rings is 2. The Kier molecular flexibility index (Phi) is 4.83. The topological polar surface area (TPSA) is 90.3 Å². The number of carbonyl (C=O) groups is 1. The summed E-state index contributed by atoms with van der Waals surface area (Å²) in [6.07, 6.45) is 0.419. The molecule has 2 aromatic carbocycles. The summed E-state index contributed by atoms with van der Waals surface area (Å²) in [6.45, 7) is 0.829. The number of sulfonamides is 1. The number of amides is 1. The predicted octanol–water partition coefficient (Wildman–Crippen LogP) is 1.64. The second kappa shape index (κ2) is 7.05. The Morgan fingerprint density at radius 1 is 1.16 bits per heavy atom. The van der Waals surface area contributed by atoms with Crippen molar-refractivity contribution in [3.8, 4) is 6.07 Å². The van der Waals surface area contributed by atoms with Gasteiger partial charge in [-0.2, -0.15) is 9.98 Å². The van der Waals surface area contributed by atoms with Gasteiger partial charge in [0, 0.05) is 13.1 Å². The molecule has 0 bridgehead atoms. The highest BCUT2D eigenvalue weighted by molar-refractivity contribution is 7.89. The normalized spacial score (nSPS) is 17.5. The lowest BCUT2D eigenvalue weighted by molar-refractivity contribution is -0.129. The lowest BCUT2D eigenvalue weighted by Crippen LogP contribution is -2.41. The van der Waals surface area contributed by atoms with Crippen molar-refractivity contribution in [1.29, 1.82) is 5.26 Å². The van der Waals surface area contributed by atoms with Crippen molar-refractivity contribution >= 4 is 15.9 Å². The Labute approximate surface area is 146 Å². The third kappa shape index (κ3) is 3.87. The Balaban J connectivity index is 1.69. The van der Waals surface area contributed by atoms with E-state index in [1.165, 1.54) is 12.1 Å². The number of rotatable bonds is 5. The van der Waals surface area contributed by atoms with Gasteiger partial charge >= 0.3 is 0 Å². The molecule has 2 aromatic rings. The van der Waals surface area contributed by atoms with Crippen LogP contribution in [0.4, 0.5) is 0 Å². The first-order valence-electron chi connectivity index (χ1n) is 7.85. The number of nitriles is 1. The molecule has 0 saturated carbocycles. The highest BCUT2D eigenvalue weighted by atomic mass is 32.2. The van der Waals surface area contributed by atoms with Crippen molar-refractivity contribution in [3.63, 3.8) is 0 Å². The molecule has 1 saturated heterocycles. The zero-order valence-electron chi connectivity index (χ0n) is 13.4. The number of hydrogen-bond donors (Lipinski definition) is 1. The van der Waals surface area contributed by atoms with E-state index in [1.807, 2.05) is 6.07 Å². The van der Waals surface area contributed by atoms with Crippen LogP contribution in [-0.2, 0) is 21.4 Å². The highest BCUT2D eigenvalue weighted by Crippen LogP contribution is 2.18. The molecule has 25 heavy (non-hydrogen) atoms. The molecule has 128 valence electrons. The number of likely N-dealkylation sites (tertiary alicyclic amines) is 1. The maximum absolute atomic E-state index is 12.5. The van der Waals surface area contributed by atoms with Gasteiger partial charge in [0.05, 0.1) is 16.5 Å². The first-order chi connectivity index (χ1) is 12.0. The summed E-state index contributed by atoms with van der Waals surface area (Å²) in [7, 11) is -3.72. The van der Waals surface area contributed by atoms with Crippen molar-refractivity contribution in [2.75, 3.05) is 6.54 Å². The van der Waals surface area contributed by atoms with Crippen LogP contribution >= 0.6 is 0 Å². The average Bonchev–Trinajstić information content (AvgIpc) is 2.95. The summed E-state index contributed by atoms with van der Waals surface area (Å²) in [5.74, 6) is -0.248. The van der Waals surface area contributed by atoms with Gasteiger partial charge in [-0.1, -0.05) is 30.3 Å². The Bertz CT molecular complexity index is 920. The fourth-order valence-corrected chi connectivity index (χ4v) is 4.06. The Morgan fingerprint density at radius 3 is 2.64 bits per heavy atom. The number of nitrogens with zero attached hydrogens (tertiary/aromatic N) is 2. The molecule has 0 unspecified atom stereocenters. The van der Waals surface area contributed by atoms with E-state index in [9.17, 15) is 13.2 Å². The maximum Gasteiger partial charge on any atom is 0.241 e. The standard InChI is InChI=1S/C18H17N3O3S/c19-12-14-5-4-6-15(11-14)13-21-10-9-17(18(21)22)20-25(23,24)16-7-2-1-3-8-16/h1-8,11,17,20H,9-10,13H2/t17-/m0/s1. The largest absolute Gasteiger partial charge is 0.337 e. The molecule has 1 amide bonds. The first-order valence-corrected chi connectivity index (χ1v) is 9.33. The molecule has 6 nitrogen and oxygen atoms in total. The summed E-state index contributed by atoms with van der Waals surface area (Å²) >= 11 is 0. The minimum Gasteiger partial charge on any atom is -0.337 e. The van der Waals surface area contributed by atoms with Crippen molar-refractivity contribution in [1.82, 2.24) is 9.62 Å². The molecule has 0 radical (unpaired) electrons. The minimum atomic E-state index is -3.72. The van der Waals surface area contributed by atoms with Crippen molar-refractivity contribution in [2.24, 2.45) is 0 Å². The lowest BCUT2D eigenvalue weighted by Gasteiger charge is -2.17. The fraction of sp³-hybridized carbons (Fsp3) is 0.222. The molecule has 3 rings (SSSR count). The zero-order valence-corrected chi connectivity index (χ0v) is 14.2. The van der Waals surface area contributed by atoms with Gasteiger partial charge in [0.1, 0.15) is 6.04 Å². The van der Waals surface area contributed by atoms with E-state index in [2.05, 4.69) is 10.8 Å². The highest BCUT2D eigenvalue weighted by Gasteiger charge is 2.34. The summed E-state index contributed by atoms with van der Waals surface area (Å²) in [5.41, 5.74) is 1.38. The number of hydrogen-bond acceptors (Lipinski definition) is 4. The van der Waals surface area contributed by atoms with Crippen LogP contribution in [0.2, 0.25) is 0 Å². The molecule has 1 fully saturated rings. The van der Waals surface area contributed by atoms with Gasteiger partial charge in [0.2, 0.25) is 15.9 Å². The van der Waals surface area contributed by atoms with Crippen LogP contribution in [0.3, 0.4) is 0 Å². The van der Waals surface area contributed by atoms with E-state index in [1.54, 1.807) is 41.3 Å². The summed E-state index contributed by atoms with van der Waals surface area (Å²) in [6, 6.07) is 16.3. The van der Waals surface area contributed by atoms with Crippen molar-refractivity contribution in [2.45, 2.75) is 23.9 Å². The third-order valence-electron chi connectivity index (χ3n) is 4.08. The van der Waals surface area contributed by atoms with Gasteiger partial charge in [0.15, 0.2) is 0 Å². The number of nitrogens with one attached hydrogen (secondary N) is 1. The van der Waals surface area contributed by atoms with Crippen LogP contribution in [0.5, 0.6) is 0 Å². The van der Waals surface area contributed by atoms with Crippen molar-refractivity contribution < 1.29 is 13.2 Å². The maximum atomic E-state index is 12.5. The van der Waals surface area contributed by atoms with E-state index >= 15 is 0 Å². The summed E-state index contributed by atoms with van der Waals surface area (Å²) in [4.78, 5) is 14.3. The van der Waals surface area contributed by atoms with E-state index < -0.39 is 16.1 Å². The van der Waals surface area contributed by atoms with Crippen LogP contribution in [-0.4, -0.2) is 31.8 Å². The minimum absolute atomic E-state index is 0.142. The van der Waals surface area contributed by atoms with E-state index in [4.69, 9.17) is 5.26 Å². The van der Waals surface area contributed by atoms with E-state index in [-0.39, 0.29) is 10.8 Å². The van der Waals surface area contributed by atoms with Crippen LogP contribution in [0.1, 0.15) is 17.5 Å². The Hall–Kier alpha value is -2.69. The molecule has 1 atom stereocenters. The van der Waals surface area contributed by atoms with Gasteiger partial charge in [0.25, 0.3) is 0 Å². The van der Waals surface area contributed by atoms with E-state index in [0.717, 1.165) is 5.56 Å². The van der Waals surface area contributed by atoms with Gasteiger partial charge < -0.3 is 4.90 Å². The fourth-order valence-electron chi connectivity index (χ4n) is 2.82. The molecule has 1 N–H and O–H groups in total. The molecular formula is C18H17N3O3S. The Morgan fingerprint density at radius 2 is 1.92 bits per heavy atom. The predicted molar refractivity (Wildman–Crippen MR) is 91.7 cm³/mol. The van der Waals surface area contributed by atoms with Gasteiger partial charge in [-0.3, -0.25) is 4.79 Å². The number of carbonyl (C=O) groups excluding carboxylic acids is 1.